The van der Waals surface area contributed by atoms with Gasteiger partial charge in [0.2, 0.25) is 0 Å². The molecule has 15 heavy (non-hydrogen) atoms. The van der Waals surface area contributed by atoms with Gasteiger partial charge in [0.1, 0.15) is 0 Å². The molecular weight excluding hydrogens is 292 g/mol. The van der Waals surface area contributed by atoms with Gasteiger partial charge in [-0.3, -0.25) is 0 Å². The maximum absolute atomic E-state index is 5.95. The Morgan fingerprint density at radius 3 is 2.87 bits per heavy atom. The molecule has 84 valence electrons. The fourth-order valence-corrected chi connectivity index (χ4v) is 4.38. The molecule has 0 amide bonds. The second-order valence-corrected chi connectivity index (χ2v) is 7.49. The van der Waals surface area contributed by atoms with Crippen molar-refractivity contribution in [2.24, 2.45) is 5.92 Å². The van der Waals surface area contributed by atoms with E-state index in [1.54, 1.807) is 11.3 Å². The van der Waals surface area contributed by atoms with Crippen LogP contribution in [0.3, 0.4) is 0 Å². The van der Waals surface area contributed by atoms with Gasteiger partial charge in [-0.2, -0.15) is 0 Å². The van der Waals surface area contributed by atoms with Crippen LogP contribution in [0, 0.1) is 5.92 Å². The van der Waals surface area contributed by atoms with E-state index in [9.17, 15) is 0 Å². The largest absolute Gasteiger partial charge is 0.128 e. The van der Waals surface area contributed by atoms with Gasteiger partial charge in [-0.05, 0) is 37.3 Å². The lowest BCUT2D eigenvalue weighted by atomic mass is 9.96. The minimum absolute atomic E-state index is 0.737. The number of halogens is 2. The van der Waals surface area contributed by atoms with Crippen LogP contribution in [0.4, 0.5) is 0 Å². The first-order valence-corrected chi connectivity index (χ1v) is 7.73. The summed E-state index contributed by atoms with van der Waals surface area (Å²) in [6.07, 6.45) is 8.07. The molecule has 0 aliphatic heterocycles. The van der Waals surface area contributed by atoms with Crippen molar-refractivity contribution in [1.82, 2.24) is 0 Å². The zero-order valence-electron chi connectivity index (χ0n) is 8.72. The minimum atomic E-state index is 0.737. The van der Waals surface area contributed by atoms with Crippen molar-refractivity contribution in [2.45, 2.75) is 43.4 Å². The summed E-state index contributed by atoms with van der Waals surface area (Å²) >= 11 is 11.5. The van der Waals surface area contributed by atoms with Crippen molar-refractivity contribution in [3.05, 3.63) is 21.3 Å². The van der Waals surface area contributed by atoms with E-state index >= 15 is 0 Å². The summed E-state index contributed by atoms with van der Waals surface area (Å²) in [5, 5.41) is 0. The molecule has 0 N–H and O–H groups in total. The van der Waals surface area contributed by atoms with Crippen molar-refractivity contribution in [2.75, 3.05) is 0 Å². The summed E-state index contributed by atoms with van der Waals surface area (Å²) in [5.74, 6) is 0.853. The Balaban J connectivity index is 1.92. The Morgan fingerprint density at radius 2 is 2.13 bits per heavy atom. The van der Waals surface area contributed by atoms with Gasteiger partial charge in [0.05, 0.1) is 4.34 Å². The van der Waals surface area contributed by atoms with Crippen LogP contribution in [-0.2, 0) is 6.42 Å². The molecule has 2 atom stereocenters. The molecule has 3 heteroatoms. The summed E-state index contributed by atoms with van der Waals surface area (Å²) in [5.41, 5.74) is 0. The quantitative estimate of drug-likeness (QED) is 0.514. The third-order valence-electron chi connectivity index (χ3n) is 3.09. The lowest BCUT2D eigenvalue weighted by molar-refractivity contribution is 0.467. The van der Waals surface area contributed by atoms with E-state index in [-0.39, 0.29) is 0 Å². The average Bonchev–Trinajstić information content (AvgIpc) is 2.46. The maximum atomic E-state index is 5.95. The van der Waals surface area contributed by atoms with E-state index in [2.05, 4.69) is 22.0 Å². The molecule has 0 aromatic carbocycles. The number of rotatable bonds is 2. The highest BCUT2D eigenvalue weighted by atomic mass is 79.9. The molecule has 1 saturated carbocycles. The van der Waals surface area contributed by atoms with Gasteiger partial charge in [-0.15, -0.1) is 11.3 Å². The molecule has 0 radical (unpaired) electrons. The van der Waals surface area contributed by atoms with E-state index in [0.29, 0.717) is 0 Å². The van der Waals surface area contributed by atoms with Crippen molar-refractivity contribution in [3.8, 4) is 0 Å². The molecule has 0 saturated heterocycles. The summed E-state index contributed by atoms with van der Waals surface area (Å²) < 4.78 is 0.925. The summed E-state index contributed by atoms with van der Waals surface area (Å²) in [6.45, 7) is 0. The Morgan fingerprint density at radius 1 is 1.33 bits per heavy atom. The van der Waals surface area contributed by atoms with E-state index in [4.69, 9.17) is 11.6 Å². The number of thiophene rings is 1. The molecule has 1 fully saturated rings. The topological polar surface area (TPSA) is 0 Å². The molecule has 2 unspecified atom stereocenters. The van der Waals surface area contributed by atoms with Gasteiger partial charge < -0.3 is 0 Å². The Bertz CT molecular complexity index is 310. The molecule has 0 bridgehead atoms. The highest BCUT2D eigenvalue weighted by Gasteiger charge is 2.18. The lowest BCUT2D eigenvalue weighted by Crippen LogP contribution is -2.07. The summed E-state index contributed by atoms with van der Waals surface area (Å²) in [4.78, 5) is 2.19. The fourth-order valence-electron chi connectivity index (χ4n) is 2.33. The second-order valence-electron chi connectivity index (χ2n) is 4.39. The number of alkyl halides is 1. The molecule has 1 aromatic rings. The third kappa shape index (κ3) is 3.76. The van der Waals surface area contributed by atoms with Crippen LogP contribution in [0.15, 0.2) is 12.1 Å². The second kappa shape index (κ2) is 5.70. The monoisotopic (exact) mass is 306 g/mol. The highest BCUT2D eigenvalue weighted by molar-refractivity contribution is 9.09. The van der Waals surface area contributed by atoms with Crippen LogP contribution < -0.4 is 0 Å². The van der Waals surface area contributed by atoms with Crippen LogP contribution in [0.5, 0.6) is 0 Å². The van der Waals surface area contributed by atoms with Crippen LogP contribution in [0.1, 0.15) is 37.0 Å². The number of hydrogen-bond acceptors (Lipinski definition) is 1. The molecule has 2 rings (SSSR count). The Labute approximate surface area is 109 Å². The van der Waals surface area contributed by atoms with Crippen molar-refractivity contribution in [3.63, 3.8) is 0 Å². The smallest absolute Gasteiger partial charge is 0.0931 e. The van der Waals surface area contributed by atoms with Gasteiger partial charge in [0.15, 0.2) is 0 Å². The fraction of sp³-hybridized carbons (Fsp3) is 0.667. The molecule has 0 spiro atoms. The Kier molecular flexibility index (Phi) is 4.53. The normalized spacial score (nSPS) is 27.6. The average molecular weight is 308 g/mol. The first-order valence-electron chi connectivity index (χ1n) is 5.62. The van der Waals surface area contributed by atoms with Crippen molar-refractivity contribution >= 4 is 38.9 Å². The van der Waals surface area contributed by atoms with E-state index in [1.165, 1.54) is 43.4 Å². The van der Waals surface area contributed by atoms with Crippen LogP contribution in [0.2, 0.25) is 4.34 Å². The molecule has 1 aromatic heterocycles. The third-order valence-corrected chi connectivity index (χ3v) is 5.17. The SMILES string of the molecule is Clc1ccc(CC2CCCCC(Br)C2)s1. The minimum Gasteiger partial charge on any atom is -0.128 e. The molecular formula is C12H16BrClS. The number of hydrogen-bond donors (Lipinski definition) is 0. The van der Waals surface area contributed by atoms with Crippen LogP contribution >= 0.6 is 38.9 Å². The molecule has 1 aliphatic rings. The molecule has 0 nitrogen and oxygen atoms in total. The maximum Gasteiger partial charge on any atom is 0.0931 e. The summed E-state index contributed by atoms with van der Waals surface area (Å²) in [6, 6.07) is 4.20. The summed E-state index contributed by atoms with van der Waals surface area (Å²) in [7, 11) is 0. The standard InChI is InChI=1S/C12H16BrClS/c13-10-4-2-1-3-9(7-10)8-11-5-6-12(14)15-11/h5-6,9-10H,1-4,7-8H2. The first kappa shape index (κ1) is 11.9. The highest BCUT2D eigenvalue weighted by Crippen LogP contribution is 2.32. The Hall–Kier alpha value is 0.470. The van der Waals surface area contributed by atoms with Crippen molar-refractivity contribution < 1.29 is 0 Å². The van der Waals surface area contributed by atoms with Gasteiger partial charge >= 0.3 is 0 Å². The first-order chi connectivity index (χ1) is 7.24. The van der Waals surface area contributed by atoms with Gasteiger partial charge in [0.25, 0.3) is 0 Å². The van der Waals surface area contributed by atoms with Gasteiger partial charge in [-0.1, -0.05) is 46.8 Å². The zero-order valence-corrected chi connectivity index (χ0v) is 11.9. The van der Waals surface area contributed by atoms with Crippen LogP contribution in [-0.4, -0.2) is 4.83 Å². The van der Waals surface area contributed by atoms with E-state index < -0.39 is 0 Å². The van der Waals surface area contributed by atoms with Crippen molar-refractivity contribution in [1.29, 1.82) is 0 Å². The van der Waals surface area contributed by atoms with Gasteiger partial charge in [0, 0.05) is 9.70 Å². The van der Waals surface area contributed by atoms with E-state index in [0.717, 1.165) is 15.1 Å². The lowest BCUT2D eigenvalue weighted by Gasteiger charge is -2.14. The van der Waals surface area contributed by atoms with Crippen LogP contribution in [0.25, 0.3) is 0 Å². The predicted octanol–water partition coefficient (Wildman–Crippen LogP) is 5.29. The van der Waals surface area contributed by atoms with Gasteiger partial charge in [-0.25, -0.2) is 0 Å². The predicted molar refractivity (Wildman–Crippen MR) is 72.3 cm³/mol. The van der Waals surface area contributed by atoms with E-state index in [1.807, 2.05) is 6.07 Å². The molecule has 1 aliphatic carbocycles. The molecule has 1 heterocycles. The zero-order chi connectivity index (χ0) is 10.7.